The lowest BCUT2D eigenvalue weighted by Gasteiger charge is -2.02. The van der Waals surface area contributed by atoms with Crippen LogP contribution in [0.25, 0.3) is 11.3 Å². The average Bonchev–Trinajstić information content (AvgIpc) is 2.79. The largest absolute Gasteiger partial charge is 0.507 e. The molecule has 1 heterocycles. The maximum atomic E-state index is 10.7. The van der Waals surface area contributed by atoms with Gasteiger partial charge in [0.05, 0.1) is 5.56 Å². The number of carbonyl (C=O) groups is 1. The first-order chi connectivity index (χ1) is 8.11. The molecule has 5 nitrogen and oxygen atoms in total. The number of aryl methyl sites for hydroxylation is 1. The Morgan fingerprint density at radius 2 is 2.18 bits per heavy atom. The van der Waals surface area contributed by atoms with Crippen LogP contribution in [0.5, 0.6) is 5.75 Å². The van der Waals surface area contributed by atoms with E-state index < -0.39 is 5.97 Å². The van der Waals surface area contributed by atoms with E-state index in [-0.39, 0.29) is 17.2 Å². The van der Waals surface area contributed by atoms with Gasteiger partial charge in [0.25, 0.3) is 0 Å². The van der Waals surface area contributed by atoms with Crippen LogP contribution in [-0.2, 0) is 6.42 Å². The molecule has 0 fully saturated rings. The molecule has 0 spiro atoms. The summed E-state index contributed by atoms with van der Waals surface area (Å²) in [5.41, 5.74) is 1.29. The highest BCUT2D eigenvalue weighted by Crippen LogP contribution is 2.30. The molecule has 2 aromatic rings. The minimum atomic E-state index is -1.16. The van der Waals surface area contributed by atoms with E-state index in [1.807, 2.05) is 6.92 Å². The zero-order valence-electron chi connectivity index (χ0n) is 9.17. The second-order valence-corrected chi connectivity index (χ2v) is 3.59. The number of benzene rings is 1. The SMILES string of the molecule is CCc1ccc(O)c(-c2cc(C(=O)O)no2)c1. The first-order valence-electron chi connectivity index (χ1n) is 5.14. The van der Waals surface area contributed by atoms with Crippen molar-refractivity contribution < 1.29 is 19.5 Å². The summed E-state index contributed by atoms with van der Waals surface area (Å²) >= 11 is 0. The first-order valence-corrected chi connectivity index (χ1v) is 5.14. The number of carboxylic acid groups (broad SMARTS) is 1. The summed E-state index contributed by atoms with van der Waals surface area (Å²) in [7, 11) is 0. The molecule has 2 N–H and O–H groups in total. The Morgan fingerprint density at radius 1 is 1.41 bits per heavy atom. The van der Waals surface area contributed by atoms with Crippen molar-refractivity contribution in [2.45, 2.75) is 13.3 Å². The molecule has 0 atom stereocenters. The van der Waals surface area contributed by atoms with E-state index in [1.54, 1.807) is 18.2 Å². The molecule has 1 aromatic carbocycles. The van der Waals surface area contributed by atoms with Crippen molar-refractivity contribution in [2.75, 3.05) is 0 Å². The van der Waals surface area contributed by atoms with Gasteiger partial charge in [0.1, 0.15) is 5.75 Å². The molecule has 5 heteroatoms. The van der Waals surface area contributed by atoms with Crippen molar-refractivity contribution in [1.29, 1.82) is 0 Å². The van der Waals surface area contributed by atoms with Crippen LogP contribution >= 0.6 is 0 Å². The molecule has 0 aliphatic carbocycles. The first kappa shape index (κ1) is 11.2. The number of aromatic nitrogens is 1. The Morgan fingerprint density at radius 3 is 2.76 bits per heavy atom. The van der Waals surface area contributed by atoms with E-state index in [0.29, 0.717) is 5.56 Å². The molecule has 1 aromatic heterocycles. The monoisotopic (exact) mass is 233 g/mol. The highest BCUT2D eigenvalue weighted by Gasteiger charge is 2.15. The van der Waals surface area contributed by atoms with Gasteiger partial charge in [-0.05, 0) is 24.1 Å². The number of aromatic carboxylic acids is 1. The molecule has 0 radical (unpaired) electrons. The fraction of sp³-hybridized carbons (Fsp3) is 0.167. The summed E-state index contributed by atoms with van der Waals surface area (Å²) < 4.78 is 4.90. The molecule has 0 aliphatic heterocycles. The minimum absolute atomic E-state index is 0.0373. The van der Waals surface area contributed by atoms with Crippen molar-refractivity contribution in [3.05, 3.63) is 35.5 Å². The van der Waals surface area contributed by atoms with Crippen molar-refractivity contribution in [3.8, 4) is 17.1 Å². The van der Waals surface area contributed by atoms with Crippen LogP contribution in [0.3, 0.4) is 0 Å². The molecule has 17 heavy (non-hydrogen) atoms. The van der Waals surface area contributed by atoms with Crippen LogP contribution in [-0.4, -0.2) is 21.3 Å². The molecule has 0 saturated heterocycles. The number of phenols is 1. The molecular weight excluding hydrogens is 222 g/mol. The van der Waals surface area contributed by atoms with Crippen molar-refractivity contribution >= 4 is 5.97 Å². The van der Waals surface area contributed by atoms with E-state index in [1.165, 1.54) is 6.07 Å². The maximum Gasteiger partial charge on any atom is 0.358 e. The molecule has 0 aliphatic rings. The second kappa shape index (κ2) is 4.29. The predicted molar refractivity (Wildman–Crippen MR) is 59.9 cm³/mol. The lowest BCUT2D eigenvalue weighted by atomic mass is 10.1. The summed E-state index contributed by atoms with van der Waals surface area (Å²) in [5.74, 6) is -0.878. The highest BCUT2D eigenvalue weighted by molar-refractivity contribution is 5.86. The minimum Gasteiger partial charge on any atom is -0.507 e. The number of hydrogen-bond donors (Lipinski definition) is 2. The summed E-state index contributed by atoms with van der Waals surface area (Å²) in [5, 5.41) is 21.8. The molecule has 0 amide bonds. The van der Waals surface area contributed by atoms with E-state index >= 15 is 0 Å². The number of hydrogen-bond acceptors (Lipinski definition) is 4. The van der Waals surface area contributed by atoms with Crippen molar-refractivity contribution in [2.24, 2.45) is 0 Å². The quantitative estimate of drug-likeness (QED) is 0.849. The standard InChI is InChI=1S/C12H11NO4/c1-2-7-3-4-10(14)8(5-7)11-6-9(12(15)16)13-17-11/h3-6,14H,2H2,1H3,(H,15,16). The van der Waals surface area contributed by atoms with Gasteiger partial charge in [-0.25, -0.2) is 4.79 Å². The number of phenolic OH excluding ortho intramolecular Hbond substituents is 1. The molecule has 88 valence electrons. The van der Waals surface area contributed by atoms with Crippen molar-refractivity contribution in [3.63, 3.8) is 0 Å². The summed E-state index contributed by atoms with van der Waals surface area (Å²) in [6.07, 6.45) is 0.813. The van der Waals surface area contributed by atoms with E-state index in [4.69, 9.17) is 9.63 Å². The number of rotatable bonds is 3. The van der Waals surface area contributed by atoms with Gasteiger partial charge < -0.3 is 14.7 Å². The third-order valence-electron chi connectivity index (χ3n) is 2.46. The maximum absolute atomic E-state index is 10.7. The van der Waals surface area contributed by atoms with Gasteiger partial charge >= 0.3 is 5.97 Å². The van der Waals surface area contributed by atoms with Crippen LogP contribution < -0.4 is 0 Å². The molecule has 0 unspecified atom stereocenters. The third-order valence-corrected chi connectivity index (χ3v) is 2.46. The van der Waals surface area contributed by atoms with Crippen molar-refractivity contribution in [1.82, 2.24) is 5.16 Å². The number of aromatic hydroxyl groups is 1. The lowest BCUT2D eigenvalue weighted by molar-refractivity contribution is 0.0686. The van der Waals surface area contributed by atoms with Gasteiger partial charge in [-0.3, -0.25) is 0 Å². The van der Waals surface area contributed by atoms with Gasteiger partial charge in [-0.1, -0.05) is 18.1 Å². The zero-order chi connectivity index (χ0) is 12.4. The van der Waals surface area contributed by atoms with Crippen LogP contribution in [0.15, 0.2) is 28.8 Å². The fourth-order valence-corrected chi connectivity index (χ4v) is 1.50. The van der Waals surface area contributed by atoms with Crippen LogP contribution in [0, 0.1) is 0 Å². The zero-order valence-corrected chi connectivity index (χ0v) is 9.17. The Hall–Kier alpha value is -2.30. The topological polar surface area (TPSA) is 83.6 Å². The third kappa shape index (κ3) is 2.13. The van der Waals surface area contributed by atoms with E-state index in [2.05, 4.69) is 5.16 Å². The number of nitrogens with zero attached hydrogens (tertiary/aromatic N) is 1. The van der Waals surface area contributed by atoms with E-state index in [0.717, 1.165) is 12.0 Å². The summed E-state index contributed by atoms with van der Waals surface area (Å²) in [6, 6.07) is 6.39. The highest BCUT2D eigenvalue weighted by atomic mass is 16.5. The average molecular weight is 233 g/mol. The Labute approximate surface area is 97.3 Å². The van der Waals surface area contributed by atoms with E-state index in [9.17, 15) is 9.90 Å². The van der Waals surface area contributed by atoms with Gasteiger partial charge in [0, 0.05) is 6.07 Å². The Kier molecular flexibility index (Phi) is 2.82. The molecule has 0 bridgehead atoms. The van der Waals surface area contributed by atoms with Gasteiger partial charge in [0.2, 0.25) is 0 Å². The fourth-order valence-electron chi connectivity index (χ4n) is 1.50. The van der Waals surface area contributed by atoms with Crippen LogP contribution in [0.2, 0.25) is 0 Å². The lowest BCUT2D eigenvalue weighted by Crippen LogP contribution is -1.94. The summed E-state index contributed by atoms with van der Waals surface area (Å²) in [6.45, 7) is 1.99. The van der Waals surface area contributed by atoms with Gasteiger partial charge in [-0.2, -0.15) is 0 Å². The molecule has 2 rings (SSSR count). The van der Waals surface area contributed by atoms with Gasteiger partial charge in [0.15, 0.2) is 11.5 Å². The molecular formula is C12H11NO4. The normalized spacial score (nSPS) is 10.4. The predicted octanol–water partition coefficient (Wildman–Crippen LogP) is 2.31. The van der Waals surface area contributed by atoms with Crippen LogP contribution in [0.4, 0.5) is 0 Å². The van der Waals surface area contributed by atoms with Crippen LogP contribution in [0.1, 0.15) is 23.0 Å². The molecule has 0 saturated carbocycles. The Balaban J connectivity index is 2.47. The van der Waals surface area contributed by atoms with Gasteiger partial charge in [-0.15, -0.1) is 0 Å². The number of carboxylic acids is 1. The smallest absolute Gasteiger partial charge is 0.358 e. The Bertz CT molecular complexity index is 559. The second-order valence-electron chi connectivity index (χ2n) is 3.59. The summed E-state index contributed by atoms with van der Waals surface area (Å²) in [4.78, 5) is 10.7.